The Kier molecular flexibility index (Phi) is 5.06. The minimum absolute atomic E-state index is 0.00858. The van der Waals surface area contributed by atoms with E-state index in [4.69, 9.17) is 9.84 Å². The predicted molar refractivity (Wildman–Crippen MR) is 61.6 cm³/mol. The van der Waals surface area contributed by atoms with Crippen molar-refractivity contribution in [3.63, 3.8) is 0 Å². The molecule has 17 heavy (non-hydrogen) atoms. The molecule has 0 aliphatic carbocycles. The maximum Gasteiger partial charge on any atom is 0.336 e. The monoisotopic (exact) mass is 241 g/mol. The molecule has 0 unspecified atom stereocenters. The van der Waals surface area contributed by atoms with Gasteiger partial charge in [-0.2, -0.15) is 0 Å². The quantitative estimate of drug-likeness (QED) is 0.822. The Morgan fingerprint density at radius 2 is 2.24 bits per heavy atom. The molecule has 0 heterocycles. The molecular weight excluding hydrogens is 225 g/mol. The maximum absolute atomic E-state index is 13.0. The number of aromatic carboxylic acids is 1. The Morgan fingerprint density at radius 1 is 1.53 bits per heavy atom. The summed E-state index contributed by atoms with van der Waals surface area (Å²) < 4.78 is 17.9. The number of halogens is 1. The maximum atomic E-state index is 13.0. The van der Waals surface area contributed by atoms with Gasteiger partial charge in [-0.15, -0.1) is 0 Å². The molecule has 5 heteroatoms. The highest BCUT2D eigenvalue weighted by atomic mass is 19.1. The molecule has 0 amide bonds. The number of likely N-dealkylation sites (N-methyl/N-ethyl adjacent to an activating group) is 1. The highest BCUT2D eigenvalue weighted by Crippen LogP contribution is 2.13. The smallest absolute Gasteiger partial charge is 0.336 e. The van der Waals surface area contributed by atoms with E-state index in [2.05, 4.69) is 0 Å². The van der Waals surface area contributed by atoms with Gasteiger partial charge < -0.3 is 9.84 Å². The summed E-state index contributed by atoms with van der Waals surface area (Å²) in [5, 5.41) is 8.97. The molecule has 0 fully saturated rings. The molecule has 1 aromatic rings. The highest BCUT2D eigenvalue weighted by molar-refractivity contribution is 5.89. The number of methoxy groups -OCH3 is 1. The number of carboxylic acids is 1. The van der Waals surface area contributed by atoms with E-state index in [1.165, 1.54) is 12.1 Å². The molecular formula is C12H16FNO3. The van der Waals surface area contributed by atoms with Crippen molar-refractivity contribution in [1.29, 1.82) is 0 Å². The number of carboxylic acid groups (broad SMARTS) is 1. The van der Waals surface area contributed by atoms with Crippen LogP contribution in [0.2, 0.25) is 0 Å². The summed E-state index contributed by atoms with van der Waals surface area (Å²) in [6, 6.07) is 3.82. The van der Waals surface area contributed by atoms with Crippen molar-refractivity contribution < 1.29 is 19.0 Å². The number of nitrogens with zero attached hydrogens (tertiary/aromatic N) is 1. The normalized spacial score (nSPS) is 10.8. The molecule has 0 spiro atoms. The van der Waals surface area contributed by atoms with Crippen LogP contribution in [-0.2, 0) is 11.3 Å². The second-order valence-electron chi connectivity index (χ2n) is 3.84. The van der Waals surface area contributed by atoms with Crippen LogP contribution in [0, 0.1) is 5.82 Å². The lowest BCUT2D eigenvalue weighted by atomic mass is 10.1. The minimum atomic E-state index is -1.11. The average Bonchev–Trinajstić information content (AvgIpc) is 2.28. The fraction of sp³-hybridized carbons (Fsp3) is 0.417. The second-order valence-corrected chi connectivity index (χ2v) is 3.84. The van der Waals surface area contributed by atoms with E-state index in [-0.39, 0.29) is 5.56 Å². The van der Waals surface area contributed by atoms with Gasteiger partial charge in [0.15, 0.2) is 0 Å². The molecule has 0 saturated carbocycles. The predicted octanol–water partition coefficient (Wildman–Crippen LogP) is 1.60. The number of ether oxygens (including phenoxy) is 1. The Balaban J connectivity index is 2.79. The van der Waals surface area contributed by atoms with Crippen LogP contribution >= 0.6 is 0 Å². The zero-order valence-corrected chi connectivity index (χ0v) is 9.94. The first-order valence-electron chi connectivity index (χ1n) is 5.23. The van der Waals surface area contributed by atoms with Gasteiger partial charge in [-0.3, -0.25) is 4.90 Å². The van der Waals surface area contributed by atoms with Gasteiger partial charge in [0.25, 0.3) is 0 Å². The first-order chi connectivity index (χ1) is 8.04. The van der Waals surface area contributed by atoms with Gasteiger partial charge in [-0.1, -0.05) is 6.07 Å². The van der Waals surface area contributed by atoms with E-state index in [9.17, 15) is 9.18 Å². The molecule has 0 aliphatic heterocycles. The fourth-order valence-corrected chi connectivity index (χ4v) is 1.50. The average molecular weight is 241 g/mol. The van der Waals surface area contributed by atoms with Gasteiger partial charge in [-0.25, -0.2) is 9.18 Å². The standard InChI is InChI=1S/C12H16FNO3/c1-14(5-6-17-2)8-9-3-4-10(13)7-11(9)12(15)16/h3-4,7H,5-6,8H2,1-2H3,(H,15,16). The molecule has 1 rings (SSSR count). The van der Waals surface area contributed by atoms with Crippen LogP contribution in [0.4, 0.5) is 4.39 Å². The summed E-state index contributed by atoms with van der Waals surface area (Å²) in [6.07, 6.45) is 0. The SMILES string of the molecule is COCCN(C)Cc1ccc(F)cc1C(=O)O. The van der Waals surface area contributed by atoms with Crippen LogP contribution in [0.3, 0.4) is 0 Å². The Labute approximate surface area is 99.6 Å². The first-order valence-corrected chi connectivity index (χ1v) is 5.23. The van der Waals surface area contributed by atoms with Crippen molar-refractivity contribution in [2.24, 2.45) is 0 Å². The Morgan fingerprint density at radius 3 is 2.82 bits per heavy atom. The van der Waals surface area contributed by atoms with Gasteiger partial charge in [0.1, 0.15) is 5.82 Å². The van der Waals surface area contributed by atoms with Crippen molar-refractivity contribution in [1.82, 2.24) is 4.90 Å². The zero-order valence-electron chi connectivity index (χ0n) is 9.94. The molecule has 0 saturated heterocycles. The number of carbonyl (C=O) groups is 1. The van der Waals surface area contributed by atoms with Crippen LogP contribution in [0.25, 0.3) is 0 Å². The minimum Gasteiger partial charge on any atom is -0.478 e. The van der Waals surface area contributed by atoms with Crippen LogP contribution in [-0.4, -0.2) is 43.3 Å². The topological polar surface area (TPSA) is 49.8 Å². The molecule has 0 aliphatic rings. The fourth-order valence-electron chi connectivity index (χ4n) is 1.50. The van der Waals surface area contributed by atoms with Crippen LogP contribution in [0.15, 0.2) is 18.2 Å². The summed E-state index contributed by atoms with van der Waals surface area (Å²) in [5.74, 6) is -1.65. The summed E-state index contributed by atoms with van der Waals surface area (Å²) in [5.41, 5.74) is 0.603. The molecule has 0 bridgehead atoms. The van der Waals surface area contributed by atoms with E-state index >= 15 is 0 Å². The third kappa shape index (κ3) is 4.13. The summed E-state index contributed by atoms with van der Waals surface area (Å²) in [7, 11) is 3.46. The second kappa shape index (κ2) is 6.32. The largest absolute Gasteiger partial charge is 0.478 e. The highest BCUT2D eigenvalue weighted by Gasteiger charge is 2.12. The molecule has 0 atom stereocenters. The molecule has 1 aromatic carbocycles. The van der Waals surface area contributed by atoms with Crippen molar-refractivity contribution in [2.75, 3.05) is 27.3 Å². The molecule has 1 N–H and O–H groups in total. The summed E-state index contributed by atoms with van der Waals surface area (Å²) in [4.78, 5) is 12.9. The number of benzene rings is 1. The van der Waals surface area contributed by atoms with Gasteiger partial charge in [0.05, 0.1) is 12.2 Å². The van der Waals surface area contributed by atoms with Gasteiger partial charge in [-0.05, 0) is 24.7 Å². The summed E-state index contributed by atoms with van der Waals surface area (Å²) in [6.45, 7) is 1.71. The lowest BCUT2D eigenvalue weighted by molar-refractivity contribution is 0.0694. The third-order valence-electron chi connectivity index (χ3n) is 2.42. The lowest BCUT2D eigenvalue weighted by Gasteiger charge is -2.17. The van der Waals surface area contributed by atoms with Crippen LogP contribution < -0.4 is 0 Å². The van der Waals surface area contributed by atoms with Gasteiger partial charge >= 0.3 is 5.97 Å². The van der Waals surface area contributed by atoms with E-state index in [0.29, 0.717) is 25.3 Å². The Hall–Kier alpha value is -1.46. The van der Waals surface area contributed by atoms with Gasteiger partial charge in [0.2, 0.25) is 0 Å². The number of hydrogen-bond acceptors (Lipinski definition) is 3. The van der Waals surface area contributed by atoms with Crippen LogP contribution in [0.1, 0.15) is 15.9 Å². The molecule has 4 nitrogen and oxygen atoms in total. The van der Waals surface area contributed by atoms with Crippen molar-refractivity contribution in [3.05, 3.63) is 35.1 Å². The van der Waals surface area contributed by atoms with E-state index in [1.54, 1.807) is 7.11 Å². The van der Waals surface area contributed by atoms with E-state index < -0.39 is 11.8 Å². The lowest BCUT2D eigenvalue weighted by Crippen LogP contribution is -2.23. The van der Waals surface area contributed by atoms with Crippen molar-refractivity contribution >= 4 is 5.97 Å². The zero-order chi connectivity index (χ0) is 12.8. The number of hydrogen-bond donors (Lipinski definition) is 1. The van der Waals surface area contributed by atoms with Crippen molar-refractivity contribution in [2.45, 2.75) is 6.54 Å². The van der Waals surface area contributed by atoms with E-state index in [1.807, 2.05) is 11.9 Å². The molecule has 0 aromatic heterocycles. The molecule has 94 valence electrons. The number of rotatable bonds is 6. The van der Waals surface area contributed by atoms with Crippen molar-refractivity contribution in [3.8, 4) is 0 Å². The third-order valence-corrected chi connectivity index (χ3v) is 2.42. The molecule has 0 radical (unpaired) electrons. The van der Waals surface area contributed by atoms with E-state index in [0.717, 1.165) is 6.07 Å². The Bertz CT molecular complexity index is 395. The first kappa shape index (κ1) is 13.6. The summed E-state index contributed by atoms with van der Waals surface area (Å²) >= 11 is 0. The van der Waals surface area contributed by atoms with Crippen LogP contribution in [0.5, 0.6) is 0 Å². The van der Waals surface area contributed by atoms with Gasteiger partial charge in [0, 0.05) is 20.2 Å².